The van der Waals surface area contributed by atoms with Crippen molar-refractivity contribution in [2.45, 2.75) is 24.9 Å². The molecule has 3 unspecified atom stereocenters. The van der Waals surface area contributed by atoms with E-state index in [4.69, 9.17) is 25.8 Å². The van der Waals surface area contributed by atoms with Gasteiger partial charge in [0.25, 0.3) is 0 Å². The maximum atomic E-state index is 13.4. The molecule has 1 N–H and O–H groups in total. The van der Waals surface area contributed by atoms with Crippen molar-refractivity contribution in [3.8, 4) is 11.5 Å². The quantitative estimate of drug-likeness (QED) is 0.477. The topological polar surface area (TPSA) is 63.3 Å². The van der Waals surface area contributed by atoms with Crippen molar-refractivity contribution < 1.29 is 19.0 Å². The Morgan fingerprint density at radius 3 is 2.62 bits per heavy atom. The van der Waals surface area contributed by atoms with Crippen LogP contribution in [-0.2, 0) is 4.74 Å². The number of nitrogens with zero attached hydrogens (tertiary/aromatic N) is 2. The molecule has 6 rings (SSSR count). The number of nitrogens with one attached hydrogen (secondary N) is 1. The van der Waals surface area contributed by atoms with Crippen molar-refractivity contribution in [3.63, 3.8) is 0 Å². The third kappa shape index (κ3) is 5.86. The number of fused-ring (bicyclic) bond motifs is 2. The average molecular weight is 548 g/mol. The summed E-state index contributed by atoms with van der Waals surface area (Å²) in [5.74, 6) is 1.56. The summed E-state index contributed by atoms with van der Waals surface area (Å²) in [6.07, 6.45) is 7.55. The van der Waals surface area contributed by atoms with Crippen LogP contribution in [0.1, 0.15) is 24.4 Å². The van der Waals surface area contributed by atoms with Crippen LogP contribution in [0.2, 0.25) is 0 Å². The number of hydrogen-bond donors (Lipinski definition) is 1. The molecule has 1 aliphatic carbocycles. The Morgan fingerprint density at radius 1 is 1.03 bits per heavy atom. The molecule has 3 aliphatic heterocycles. The van der Waals surface area contributed by atoms with Crippen molar-refractivity contribution >= 4 is 17.7 Å². The van der Waals surface area contributed by atoms with Crippen molar-refractivity contribution in [2.24, 2.45) is 5.92 Å². The summed E-state index contributed by atoms with van der Waals surface area (Å²) in [6.45, 7) is 5.85. The van der Waals surface area contributed by atoms with E-state index in [-0.39, 0.29) is 24.1 Å². The standard InChI is InChI=1S/C31H34ClN3O4/c32-23-9-12-28-27(21-23)26-13-15-35(31(36)39-25-5-2-1-3-6-25)30(29(26)33-28)22-7-10-24(11-8-22)38-18-4-14-34-16-19-37-20-17-34/h1-3,5-12,21,27-28,30,33H,4,13-20H2. The lowest BCUT2D eigenvalue weighted by Gasteiger charge is -2.37. The first-order valence-electron chi connectivity index (χ1n) is 13.8. The number of benzene rings is 2. The maximum absolute atomic E-state index is 13.4. The van der Waals surface area contributed by atoms with E-state index in [0.29, 0.717) is 18.9 Å². The van der Waals surface area contributed by atoms with Crippen LogP contribution in [0, 0.1) is 5.92 Å². The van der Waals surface area contributed by atoms with Gasteiger partial charge < -0.3 is 19.5 Å². The molecular formula is C31H34ClN3O4. The number of ether oxygens (including phenoxy) is 3. The second-order valence-corrected chi connectivity index (χ2v) is 10.7. The van der Waals surface area contributed by atoms with E-state index in [9.17, 15) is 4.79 Å². The zero-order chi connectivity index (χ0) is 26.6. The minimum Gasteiger partial charge on any atom is -0.494 e. The Kier molecular flexibility index (Phi) is 7.90. The SMILES string of the molecule is O=C(Oc1ccccc1)N1CCC2=C(NC3C=CC(Cl)=CC23)C1c1ccc(OCCCN2CCOCC2)cc1. The molecule has 2 aromatic rings. The third-order valence-corrected chi connectivity index (χ3v) is 8.09. The molecule has 1 saturated heterocycles. The van der Waals surface area contributed by atoms with Gasteiger partial charge in [-0.1, -0.05) is 54.1 Å². The second kappa shape index (κ2) is 11.9. The Hall–Kier alpha value is -3.26. The van der Waals surface area contributed by atoms with Crippen molar-refractivity contribution in [3.05, 3.63) is 94.7 Å². The summed E-state index contributed by atoms with van der Waals surface area (Å²) in [7, 11) is 0. The number of morpholine rings is 1. The van der Waals surface area contributed by atoms with Gasteiger partial charge in [-0.25, -0.2) is 4.79 Å². The monoisotopic (exact) mass is 547 g/mol. The summed E-state index contributed by atoms with van der Waals surface area (Å²) < 4.78 is 17.2. The highest BCUT2D eigenvalue weighted by Gasteiger charge is 2.43. The Bertz CT molecular complexity index is 1250. The van der Waals surface area contributed by atoms with E-state index < -0.39 is 0 Å². The molecule has 1 amide bonds. The van der Waals surface area contributed by atoms with Crippen molar-refractivity contribution in [2.75, 3.05) is 46.0 Å². The Labute approximate surface area is 234 Å². The molecule has 0 bridgehead atoms. The average Bonchev–Trinajstić information content (AvgIpc) is 3.34. The van der Waals surface area contributed by atoms with E-state index in [0.717, 1.165) is 67.7 Å². The number of carbonyl (C=O) groups is 1. The van der Waals surface area contributed by atoms with E-state index in [1.54, 1.807) is 12.1 Å². The summed E-state index contributed by atoms with van der Waals surface area (Å²) in [5.41, 5.74) is 3.38. The first-order valence-corrected chi connectivity index (χ1v) is 14.1. The number of allylic oxidation sites excluding steroid dienone is 2. The fourth-order valence-electron chi connectivity index (χ4n) is 5.88. The van der Waals surface area contributed by atoms with Crippen LogP contribution in [0.15, 0.2) is 89.1 Å². The summed E-state index contributed by atoms with van der Waals surface area (Å²) in [4.78, 5) is 17.7. The number of halogens is 1. The molecule has 2 aromatic carbocycles. The van der Waals surface area contributed by atoms with Crippen LogP contribution in [0.5, 0.6) is 11.5 Å². The molecule has 4 aliphatic rings. The highest BCUT2D eigenvalue weighted by atomic mass is 35.5. The predicted octanol–water partition coefficient (Wildman–Crippen LogP) is 5.27. The first-order chi connectivity index (χ1) is 19.2. The summed E-state index contributed by atoms with van der Waals surface area (Å²) in [6, 6.07) is 17.2. The normalized spacial score (nSPS) is 24.5. The number of rotatable bonds is 7. The molecule has 0 radical (unpaired) electrons. The lowest BCUT2D eigenvalue weighted by Crippen LogP contribution is -2.43. The lowest BCUT2D eigenvalue weighted by atomic mass is 9.85. The van der Waals surface area contributed by atoms with E-state index in [1.807, 2.05) is 41.3 Å². The minimum absolute atomic E-state index is 0.138. The lowest BCUT2D eigenvalue weighted by molar-refractivity contribution is 0.0358. The molecule has 3 atom stereocenters. The second-order valence-electron chi connectivity index (χ2n) is 10.3. The number of carbonyl (C=O) groups excluding carboxylic acids is 1. The maximum Gasteiger partial charge on any atom is 0.416 e. The van der Waals surface area contributed by atoms with E-state index in [1.165, 1.54) is 5.57 Å². The van der Waals surface area contributed by atoms with Crippen LogP contribution in [-0.4, -0.2) is 67.9 Å². The number of amides is 1. The molecule has 0 saturated carbocycles. The van der Waals surface area contributed by atoms with Gasteiger partial charge in [0.05, 0.1) is 25.9 Å². The predicted molar refractivity (Wildman–Crippen MR) is 151 cm³/mol. The van der Waals surface area contributed by atoms with Gasteiger partial charge in [0.15, 0.2) is 0 Å². The van der Waals surface area contributed by atoms with Gasteiger partial charge in [-0.15, -0.1) is 0 Å². The van der Waals surface area contributed by atoms with Gasteiger partial charge in [-0.05, 0) is 54.3 Å². The fourth-order valence-corrected chi connectivity index (χ4v) is 6.08. The van der Waals surface area contributed by atoms with Gasteiger partial charge in [0.1, 0.15) is 17.5 Å². The van der Waals surface area contributed by atoms with Gasteiger partial charge >= 0.3 is 6.09 Å². The summed E-state index contributed by atoms with van der Waals surface area (Å²) in [5, 5.41) is 4.45. The molecule has 39 heavy (non-hydrogen) atoms. The van der Waals surface area contributed by atoms with Crippen molar-refractivity contribution in [1.82, 2.24) is 15.1 Å². The van der Waals surface area contributed by atoms with Gasteiger partial charge in [-0.2, -0.15) is 0 Å². The molecule has 1 fully saturated rings. The van der Waals surface area contributed by atoms with Crippen LogP contribution < -0.4 is 14.8 Å². The van der Waals surface area contributed by atoms with Crippen LogP contribution >= 0.6 is 11.6 Å². The Morgan fingerprint density at radius 2 is 1.82 bits per heavy atom. The summed E-state index contributed by atoms with van der Waals surface area (Å²) >= 11 is 6.37. The molecule has 0 spiro atoms. The van der Waals surface area contributed by atoms with E-state index in [2.05, 4.69) is 34.5 Å². The van der Waals surface area contributed by atoms with Gasteiger partial charge in [-0.3, -0.25) is 9.80 Å². The highest BCUT2D eigenvalue weighted by molar-refractivity contribution is 6.31. The molecule has 0 aromatic heterocycles. The van der Waals surface area contributed by atoms with Crippen molar-refractivity contribution in [1.29, 1.82) is 0 Å². The van der Waals surface area contributed by atoms with Gasteiger partial charge in [0, 0.05) is 42.8 Å². The van der Waals surface area contributed by atoms with Gasteiger partial charge in [0.2, 0.25) is 0 Å². The van der Waals surface area contributed by atoms with Crippen LogP contribution in [0.3, 0.4) is 0 Å². The molecular weight excluding hydrogens is 514 g/mol. The zero-order valence-corrected chi connectivity index (χ0v) is 22.7. The number of para-hydroxylation sites is 1. The molecule has 204 valence electrons. The Balaban J connectivity index is 1.19. The highest BCUT2D eigenvalue weighted by Crippen LogP contribution is 2.45. The largest absolute Gasteiger partial charge is 0.494 e. The molecule has 8 heteroatoms. The molecule has 7 nitrogen and oxygen atoms in total. The van der Waals surface area contributed by atoms with E-state index >= 15 is 0 Å². The number of hydrogen-bond acceptors (Lipinski definition) is 6. The molecule has 3 heterocycles. The van der Waals surface area contributed by atoms with Crippen LogP contribution in [0.25, 0.3) is 0 Å². The zero-order valence-electron chi connectivity index (χ0n) is 21.9. The first kappa shape index (κ1) is 26.0. The van der Waals surface area contributed by atoms with Crippen LogP contribution in [0.4, 0.5) is 4.79 Å². The minimum atomic E-state index is -0.359. The third-order valence-electron chi connectivity index (χ3n) is 7.84. The smallest absolute Gasteiger partial charge is 0.416 e. The fraction of sp³-hybridized carbons (Fsp3) is 0.387.